The van der Waals surface area contributed by atoms with Crippen LogP contribution in [0.5, 0.6) is 0 Å². The Morgan fingerprint density at radius 2 is 1.88 bits per heavy atom. The van der Waals surface area contributed by atoms with Crippen LogP contribution < -0.4 is 5.84 Å². The van der Waals surface area contributed by atoms with Gasteiger partial charge >= 0.3 is 0 Å². The topological polar surface area (TPSA) is 29.3 Å². The van der Waals surface area contributed by atoms with E-state index in [2.05, 4.69) is 9.24 Å². The minimum absolute atomic E-state index is 0.815. The fraction of sp³-hybridized carbons (Fsp3) is 1.00. The summed E-state index contributed by atoms with van der Waals surface area (Å²) in [4.78, 5) is 0. The summed E-state index contributed by atoms with van der Waals surface area (Å²) in [6.45, 7) is 2.13. The number of hydrazine groups is 1. The number of nitrogens with two attached hydrogens (primary N) is 1. The van der Waals surface area contributed by atoms with Crippen molar-refractivity contribution in [1.82, 2.24) is 5.01 Å². The lowest BCUT2D eigenvalue weighted by atomic mass is 10.1. The molecule has 2 nitrogen and oxygen atoms in total. The zero-order chi connectivity index (χ0) is 5.98. The zero-order valence-electron chi connectivity index (χ0n) is 5.01. The molecule has 1 unspecified atom stereocenters. The quantitative estimate of drug-likeness (QED) is 0.377. The summed E-state index contributed by atoms with van der Waals surface area (Å²) in [5.74, 6) is 5.52. The molecule has 1 atom stereocenters. The van der Waals surface area contributed by atoms with E-state index < -0.39 is 0 Å². The first-order valence-electron chi connectivity index (χ1n) is 3.04. The number of hydrogen-bond acceptors (Lipinski definition) is 2. The van der Waals surface area contributed by atoms with Gasteiger partial charge in [0.1, 0.15) is 0 Å². The maximum absolute atomic E-state index is 5.52. The standard InChI is InChI=1S/C5H13N2P/c6-7-3-1-5(8)2-4-7/h5H,1-4,6,8H2. The maximum atomic E-state index is 5.52. The van der Waals surface area contributed by atoms with Gasteiger partial charge in [0.05, 0.1) is 0 Å². The lowest BCUT2D eigenvalue weighted by Crippen LogP contribution is -2.38. The van der Waals surface area contributed by atoms with E-state index in [0.717, 1.165) is 18.7 Å². The van der Waals surface area contributed by atoms with E-state index in [0.29, 0.717) is 0 Å². The summed E-state index contributed by atoms with van der Waals surface area (Å²) in [6.07, 6.45) is 2.47. The van der Waals surface area contributed by atoms with Gasteiger partial charge in [0.25, 0.3) is 0 Å². The Kier molecular flexibility index (Phi) is 2.24. The van der Waals surface area contributed by atoms with E-state index in [9.17, 15) is 0 Å². The molecule has 3 heteroatoms. The molecule has 1 heterocycles. The Bertz CT molecular complexity index is 58.8. The Labute approximate surface area is 52.6 Å². The summed E-state index contributed by atoms with van der Waals surface area (Å²) in [6, 6.07) is 0. The first-order chi connectivity index (χ1) is 3.79. The van der Waals surface area contributed by atoms with Crippen molar-refractivity contribution in [2.45, 2.75) is 18.5 Å². The molecule has 0 saturated carbocycles. The molecule has 0 spiro atoms. The van der Waals surface area contributed by atoms with Crippen LogP contribution in [-0.2, 0) is 0 Å². The highest BCUT2D eigenvalue weighted by molar-refractivity contribution is 7.17. The van der Waals surface area contributed by atoms with Crippen LogP contribution in [0.25, 0.3) is 0 Å². The Balaban J connectivity index is 2.19. The van der Waals surface area contributed by atoms with Gasteiger partial charge in [-0.3, -0.25) is 5.84 Å². The molecule has 2 N–H and O–H groups in total. The van der Waals surface area contributed by atoms with E-state index in [1.165, 1.54) is 12.8 Å². The van der Waals surface area contributed by atoms with E-state index in [4.69, 9.17) is 5.84 Å². The summed E-state index contributed by atoms with van der Waals surface area (Å²) in [7, 11) is 2.84. The van der Waals surface area contributed by atoms with Gasteiger partial charge in [0.2, 0.25) is 0 Å². The molecule has 0 aliphatic carbocycles. The minimum atomic E-state index is 0.815. The van der Waals surface area contributed by atoms with Gasteiger partial charge in [0.15, 0.2) is 0 Å². The molecule has 0 aromatic rings. The van der Waals surface area contributed by atoms with Gasteiger partial charge in [-0.05, 0) is 18.5 Å². The second-order valence-electron chi connectivity index (χ2n) is 2.37. The van der Waals surface area contributed by atoms with Gasteiger partial charge in [-0.25, -0.2) is 5.01 Å². The normalized spacial score (nSPS) is 26.2. The lowest BCUT2D eigenvalue weighted by Gasteiger charge is -2.25. The van der Waals surface area contributed by atoms with Gasteiger partial charge in [-0.15, -0.1) is 9.24 Å². The summed E-state index contributed by atoms with van der Waals surface area (Å²) >= 11 is 0. The molecule has 1 rings (SSSR count). The third-order valence-electron chi connectivity index (χ3n) is 1.57. The van der Waals surface area contributed by atoms with Gasteiger partial charge in [-0.2, -0.15) is 0 Å². The first kappa shape index (κ1) is 6.47. The number of nitrogens with zero attached hydrogens (tertiary/aromatic N) is 1. The monoisotopic (exact) mass is 132 g/mol. The van der Waals surface area contributed by atoms with Crippen molar-refractivity contribution in [3.63, 3.8) is 0 Å². The van der Waals surface area contributed by atoms with Crippen LogP contribution in [0.15, 0.2) is 0 Å². The highest BCUT2D eigenvalue weighted by Crippen LogP contribution is 2.14. The summed E-state index contributed by atoms with van der Waals surface area (Å²) < 4.78 is 0. The van der Waals surface area contributed by atoms with Crippen molar-refractivity contribution in [3.8, 4) is 0 Å². The smallest absolute Gasteiger partial charge is 0.0134 e. The van der Waals surface area contributed by atoms with Crippen LogP contribution in [0.4, 0.5) is 0 Å². The fourth-order valence-electron chi connectivity index (χ4n) is 0.919. The van der Waals surface area contributed by atoms with Crippen molar-refractivity contribution in [1.29, 1.82) is 0 Å². The van der Waals surface area contributed by atoms with E-state index in [1.54, 1.807) is 0 Å². The summed E-state index contributed by atoms with van der Waals surface area (Å²) in [5.41, 5.74) is 0.815. The van der Waals surface area contributed by atoms with Crippen molar-refractivity contribution in [2.75, 3.05) is 13.1 Å². The second-order valence-corrected chi connectivity index (χ2v) is 3.32. The number of piperidine rings is 1. The molecule has 8 heavy (non-hydrogen) atoms. The minimum Gasteiger partial charge on any atom is -0.269 e. The Morgan fingerprint density at radius 1 is 1.38 bits per heavy atom. The largest absolute Gasteiger partial charge is 0.269 e. The predicted octanol–water partition coefficient (Wildman–Crippen LogP) is 0.200. The average Bonchev–Trinajstić information content (AvgIpc) is 1.77. The van der Waals surface area contributed by atoms with Crippen LogP contribution >= 0.6 is 9.24 Å². The highest BCUT2D eigenvalue weighted by Gasteiger charge is 2.11. The fourth-order valence-corrected chi connectivity index (χ4v) is 1.22. The molecule has 0 aromatic carbocycles. The predicted molar refractivity (Wildman–Crippen MR) is 38.5 cm³/mol. The van der Waals surface area contributed by atoms with Crippen LogP contribution in [0, 0.1) is 0 Å². The first-order valence-corrected chi connectivity index (χ1v) is 3.71. The van der Waals surface area contributed by atoms with Crippen molar-refractivity contribution < 1.29 is 0 Å². The Hall–Kier alpha value is 0.350. The SMILES string of the molecule is NN1CCC(P)CC1. The van der Waals surface area contributed by atoms with Gasteiger partial charge < -0.3 is 0 Å². The lowest BCUT2D eigenvalue weighted by molar-refractivity contribution is 0.239. The highest BCUT2D eigenvalue weighted by atomic mass is 31.0. The van der Waals surface area contributed by atoms with Crippen molar-refractivity contribution in [2.24, 2.45) is 5.84 Å². The van der Waals surface area contributed by atoms with Crippen LogP contribution in [0.1, 0.15) is 12.8 Å². The number of rotatable bonds is 0. The number of hydrogen-bond donors (Lipinski definition) is 1. The average molecular weight is 132 g/mol. The maximum Gasteiger partial charge on any atom is 0.0134 e. The van der Waals surface area contributed by atoms with Gasteiger partial charge in [0, 0.05) is 13.1 Å². The molecule has 1 aliphatic rings. The molecular formula is C5H13N2P. The zero-order valence-corrected chi connectivity index (χ0v) is 6.16. The van der Waals surface area contributed by atoms with E-state index >= 15 is 0 Å². The molecular weight excluding hydrogens is 119 g/mol. The molecule has 0 amide bonds. The molecule has 0 radical (unpaired) electrons. The van der Waals surface area contributed by atoms with E-state index in [1.807, 2.05) is 5.01 Å². The molecule has 1 fully saturated rings. The molecule has 0 aromatic heterocycles. The van der Waals surface area contributed by atoms with Crippen molar-refractivity contribution >= 4 is 9.24 Å². The Morgan fingerprint density at radius 3 is 2.25 bits per heavy atom. The molecule has 1 saturated heterocycles. The van der Waals surface area contributed by atoms with E-state index in [-0.39, 0.29) is 0 Å². The van der Waals surface area contributed by atoms with Crippen LogP contribution in [0.3, 0.4) is 0 Å². The molecule has 1 aliphatic heterocycles. The summed E-state index contributed by atoms with van der Waals surface area (Å²) in [5, 5.41) is 1.89. The second kappa shape index (κ2) is 2.77. The molecule has 0 bridgehead atoms. The van der Waals surface area contributed by atoms with Crippen LogP contribution in [0.2, 0.25) is 0 Å². The third kappa shape index (κ3) is 1.70. The van der Waals surface area contributed by atoms with Crippen LogP contribution in [-0.4, -0.2) is 23.8 Å². The van der Waals surface area contributed by atoms with Gasteiger partial charge in [-0.1, -0.05) is 0 Å². The third-order valence-corrected chi connectivity index (χ3v) is 2.24. The van der Waals surface area contributed by atoms with Crippen molar-refractivity contribution in [3.05, 3.63) is 0 Å². The molecule has 48 valence electrons.